The molecular weight excluding hydrogens is 242 g/mol. The quantitative estimate of drug-likeness (QED) is 0.852. The van der Waals surface area contributed by atoms with Crippen molar-refractivity contribution in [3.8, 4) is 0 Å². The molecule has 1 atom stereocenters. The molecule has 0 saturated heterocycles. The summed E-state index contributed by atoms with van der Waals surface area (Å²) in [4.78, 5) is 0. The van der Waals surface area contributed by atoms with Crippen LogP contribution in [-0.2, 0) is 6.42 Å². The molecule has 1 aromatic rings. The number of nitrogens with one attached hydrogen (secondary N) is 1. The van der Waals surface area contributed by atoms with E-state index in [1.807, 2.05) is 0 Å². The summed E-state index contributed by atoms with van der Waals surface area (Å²) in [5, 5.41) is 3.84. The maximum absolute atomic E-state index is 3.84. The van der Waals surface area contributed by atoms with Crippen molar-refractivity contribution in [1.29, 1.82) is 0 Å². The zero-order valence-corrected chi connectivity index (χ0v) is 13.3. The Kier molecular flexibility index (Phi) is 3.90. The van der Waals surface area contributed by atoms with Crippen LogP contribution in [0.3, 0.4) is 0 Å². The minimum atomic E-state index is 0.498. The van der Waals surface area contributed by atoms with E-state index in [0.717, 1.165) is 17.9 Å². The molecule has 20 heavy (non-hydrogen) atoms. The summed E-state index contributed by atoms with van der Waals surface area (Å²) in [7, 11) is 0. The van der Waals surface area contributed by atoms with Crippen molar-refractivity contribution in [2.24, 2.45) is 11.3 Å². The van der Waals surface area contributed by atoms with E-state index in [1.54, 1.807) is 11.1 Å². The van der Waals surface area contributed by atoms with E-state index in [9.17, 15) is 0 Å². The third kappa shape index (κ3) is 2.93. The van der Waals surface area contributed by atoms with Crippen LogP contribution in [0.25, 0.3) is 0 Å². The molecule has 0 spiro atoms. The molecule has 1 N–H and O–H groups in total. The fourth-order valence-corrected chi connectivity index (χ4v) is 4.02. The molecule has 110 valence electrons. The van der Waals surface area contributed by atoms with Gasteiger partial charge < -0.3 is 5.32 Å². The molecule has 1 heteroatoms. The monoisotopic (exact) mass is 271 g/mol. The predicted molar refractivity (Wildman–Crippen MR) is 86.1 cm³/mol. The van der Waals surface area contributed by atoms with Gasteiger partial charge in [-0.15, -0.1) is 0 Å². The van der Waals surface area contributed by atoms with Crippen LogP contribution in [0.2, 0.25) is 0 Å². The predicted octanol–water partition coefficient (Wildman–Crippen LogP) is 4.52. The van der Waals surface area contributed by atoms with Gasteiger partial charge in [-0.25, -0.2) is 0 Å². The second-order valence-electron chi connectivity index (χ2n) is 7.92. The Morgan fingerprint density at radius 2 is 1.75 bits per heavy atom. The first-order chi connectivity index (χ1) is 9.54. The molecule has 1 fully saturated rings. The van der Waals surface area contributed by atoms with Gasteiger partial charge in [0.25, 0.3) is 0 Å². The zero-order valence-electron chi connectivity index (χ0n) is 13.3. The first-order valence-electron chi connectivity index (χ1n) is 8.35. The van der Waals surface area contributed by atoms with E-state index in [-0.39, 0.29) is 0 Å². The summed E-state index contributed by atoms with van der Waals surface area (Å²) >= 11 is 0. The lowest BCUT2D eigenvalue weighted by Gasteiger charge is -2.38. The van der Waals surface area contributed by atoms with Crippen molar-refractivity contribution >= 4 is 0 Å². The van der Waals surface area contributed by atoms with Crippen LogP contribution >= 0.6 is 0 Å². The van der Waals surface area contributed by atoms with Crippen molar-refractivity contribution in [1.82, 2.24) is 5.32 Å². The summed E-state index contributed by atoms with van der Waals surface area (Å²) in [6.07, 6.45) is 6.83. The topological polar surface area (TPSA) is 12.0 Å². The van der Waals surface area contributed by atoms with Gasteiger partial charge in [-0.1, -0.05) is 45.0 Å². The van der Waals surface area contributed by atoms with Crippen LogP contribution < -0.4 is 5.32 Å². The molecule has 0 heterocycles. The van der Waals surface area contributed by atoms with Crippen LogP contribution in [0.15, 0.2) is 24.3 Å². The molecule has 1 nitrogen and oxygen atoms in total. The molecule has 2 aliphatic carbocycles. The standard InChI is InChI=1S/C19H29N/c1-19(2,3)16-8-10-17(11-9-16)20-13-15-12-14-6-4-5-7-18(14)15/h4-7,15-17,20H,8-13H2,1-3H3. The highest BCUT2D eigenvalue weighted by molar-refractivity contribution is 5.40. The Morgan fingerprint density at radius 3 is 2.40 bits per heavy atom. The molecule has 0 amide bonds. The van der Waals surface area contributed by atoms with E-state index in [2.05, 4.69) is 50.4 Å². The minimum Gasteiger partial charge on any atom is -0.313 e. The Morgan fingerprint density at radius 1 is 1.05 bits per heavy atom. The van der Waals surface area contributed by atoms with Crippen molar-refractivity contribution in [2.45, 2.75) is 64.8 Å². The van der Waals surface area contributed by atoms with Crippen molar-refractivity contribution in [2.75, 3.05) is 6.54 Å². The largest absolute Gasteiger partial charge is 0.313 e. The smallest absolute Gasteiger partial charge is 0.00675 e. The molecule has 2 aliphatic rings. The van der Waals surface area contributed by atoms with Crippen molar-refractivity contribution < 1.29 is 0 Å². The van der Waals surface area contributed by atoms with E-state index in [0.29, 0.717) is 5.41 Å². The molecule has 1 saturated carbocycles. The van der Waals surface area contributed by atoms with Crippen LogP contribution in [0.4, 0.5) is 0 Å². The van der Waals surface area contributed by atoms with Gasteiger partial charge in [0.1, 0.15) is 0 Å². The van der Waals surface area contributed by atoms with Gasteiger partial charge in [-0.05, 0) is 54.6 Å². The maximum Gasteiger partial charge on any atom is 0.00675 e. The van der Waals surface area contributed by atoms with Gasteiger partial charge in [-0.2, -0.15) is 0 Å². The highest BCUT2D eigenvalue weighted by Gasteiger charge is 2.31. The second kappa shape index (κ2) is 5.52. The Hall–Kier alpha value is -0.820. The van der Waals surface area contributed by atoms with Crippen LogP contribution in [-0.4, -0.2) is 12.6 Å². The number of benzene rings is 1. The summed E-state index contributed by atoms with van der Waals surface area (Å²) in [6, 6.07) is 9.69. The van der Waals surface area contributed by atoms with Crippen LogP contribution in [0, 0.1) is 11.3 Å². The summed E-state index contributed by atoms with van der Waals surface area (Å²) < 4.78 is 0. The van der Waals surface area contributed by atoms with E-state index >= 15 is 0 Å². The number of hydrogen-bond donors (Lipinski definition) is 1. The fraction of sp³-hybridized carbons (Fsp3) is 0.684. The van der Waals surface area contributed by atoms with Gasteiger partial charge >= 0.3 is 0 Å². The molecule has 0 aliphatic heterocycles. The third-order valence-electron chi connectivity index (χ3n) is 5.57. The summed E-state index contributed by atoms with van der Waals surface area (Å²) in [6.45, 7) is 8.38. The van der Waals surface area contributed by atoms with Gasteiger partial charge in [0.15, 0.2) is 0 Å². The summed E-state index contributed by atoms with van der Waals surface area (Å²) in [5.74, 6) is 1.69. The van der Waals surface area contributed by atoms with E-state index in [4.69, 9.17) is 0 Å². The molecule has 1 unspecified atom stereocenters. The zero-order chi connectivity index (χ0) is 14.2. The normalized spacial score (nSPS) is 29.6. The molecule has 3 rings (SSSR count). The average molecular weight is 271 g/mol. The van der Waals surface area contributed by atoms with Crippen molar-refractivity contribution in [3.05, 3.63) is 35.4 Å². The van der Waals surface area contributed by atoms with E-state index < -0.39 is 0 Å². The molecule has 0 radical (unpaired) electrons. The van der Waals surface area contributed by atoms with Gasteiger partial charge in [-0.3, -0.25) is 0 Å². The van der Waals surface area contributed by atoms with Crippen LogP contribution in [0.5, 0.6) is 0 Å². The summed E-state index contributed by atoms with van der Waals surface area (Å²) in [5.41, 5.74) is 3.65. The Bertz CT molecular complexity index is 449. The van der Waals surface area contributed by atoms with Crippen LogP contribution in [0.1, 0.15) is 63.5 Å². The van der Waals surface area contributed by atoms with Gasteiger partial charge in [0.2, 0.25) is 0 Å². The minimum absolute atomic E-state index is 0.498. The first kappa shape index (κ1) is 14.1. The second-order valence-corrected chi connectivity index (χ2v) is 7.92. The highest BCUT2D eigenvalue weighted by Crippen LogP contribution is 2.38. The van der Waals surface area contributed by atoms with Crippen molar-refractivity contribution in [3.63, 3.8) is 0 Å². The first-order valence-corrected chi connectivity index (χ1v) is 8.35. The maximum atomic E-state index is 3.84. The van der Waals surface area contributed by atoms with Gasteiger partial charge in [0, 0.05) is 18.5 Å². The number of fused-ring (bicyclic) bond motifs is 1. The third-order valence-corrected chi connectivity index (χ3v) is 5.57. The molecular formula is C19H29N. The molecule has 0 bridgehead atoms. The number of hydrogen-bond acceptors (Lipinski definition) is 1. The fourth-order valence-electron chi connectivity index (χ4n) is 4.02. The van der Waals surface area contributed by atoms with Gasteiger partial charge in [0.05, 0.1) is 0 Å². The lowest BCUT2D eigenvalue weighted by Crippen LogP contribution is -2.39. The lowest BCUT2D eigenvalue weighted by atomic mass is 9.71. The Labute approximate surface area is 124 Å². The average Bonchev–Trinajstić information content (AvgIpc) is 2.39. The SMILES string of the molecule is CC(C)(C)C1CCC(NCC2Cc3ccccc32)CC1. The molecule has 0 aromatic heterocycles. The van der Waals surface area contributed by atoms with E-state index in [1.165, 1.54) is 38.6 Å². The molecule has 1 aromatic carbocycles. The highest BCUT2D eigenvalue weighted by atomic mass is 14.9. The Balaban J connectivity index is 1.43. The number of rotatable bonds is 3. The lowest BCUT2D eigenvalue weighted by molar-refractivity contribution is 0.159.